The summed E-state index contributed by atoms with van der Waals surface area (Å²) in [4.78, 5) is 4.59. The van der Waals surface area contributed by atoms with Crippen molar-refractivity contribution in [1.82, 2.24) is 20.4 Å². The SMILES string of the molecule is CCNC(=NCCCOc1ccccc1)NCCCc1cnn(C)c1.I. The number of guanidine groups is 1. The molecule has 0 aliphatic carbocycles. The van der Waals surface area contributed by atoms with Crippen LogP contribution in [0, 0.1) is 0 Å². The lowest BCUT2D eigenvalue weighted by Gasteiger charge is -2.11. The van der Waals surface area contributed by atoms with Crippen LogP contribution in [0.15, 0.2) is 47.7 Å². The van der Waals surface area contributed by atoms with Gasteiger partial charge in [0.1, 0.15) is 5.75 Å². The summed E-state index contributed by atoms with van der Waals surface area (Å²) in [6, 6.07) is 9.88. The number of hydrogen-bond donors (Lipinski definition) is 2. The van der Waals surface area contributed by atoms with Crippen LogP contribution in [0.4, 0.5) is 0 Å². The zero-order valence-corrected chi connectivity index (χ0v) is 18.0. The molecule has 26 heavy (non-hydrogen) atoms. The van der Waals surface area contributed by atoms with Gasteiger partial charge in [0.15, 0.2) is 5.96 Å². The van der Waals surface area contributed by atoms with E-state index in [1.807, 2.05) is 48.3 Å². The third kappa shape index (κ3) is 9.07. The van der Waals surface area contributed by atoms with Crippen molar-refractivity contribution in [3.63, 3.8) is 0 Å². The fraction of sp³-hybridized carbons (Fsp3) is 0.474. The van der Waals surface area contributed by atoms with Gasteiger partial charge in [-0.25, -0.2) is 0 Å². The highest BCUT2D eigenvalue weighted by molar-refractivity contribution is 14.0. The highest BCUT2D eigenvalue weighted by Crippen LogP contribution is 2.08. The van der Waals surface area contributed by atoms with Crippen molar-refractivity contribution < 1.29 is 4.74 Å². The van der Waals surface area contributed by atoms with E-state index in [0.29, 0.717) is 6.61 Å². The standard InChI is InChI=1S/C19H29N5O.HI/c1-3-20-19(21-12-7-9-17-15-23-24(2)16-17)22-13-8-14-25-18-10-5-4-6-11-18;/h4-6,10-11,15-16H,3,7-9,12-14H2,1-2H3,(H2,20,21,22);1H. The maximum Gasteiger partial charge on any atom is 0.191 e. The maximum absolute atomic E-state index is 5.68. The van der Waals surface area contributed by atoms with E-state index in [1.165, 1.54) is 5.56 Å². The van der Waals surface area contributed by atoms with Gasteiger partial charge in [-0.1, -0.05) is 18.2 Å². The molecular formula is C19H30IN5O. The van der Waals surface area contributed by atoms with Crippen molar-refractivity contribution in [1.29, 1.82) is 0 Å². The van der Waals surface area contributed by atoms with Crippen LogP contribution < -0.4 is 15.4 Å². The molecule has 2 N–H and O–H groups in total. The van der Waals surface area contributed by atoms with Crippen LogP contribution in [0.3, 0.4) is 0 Å². The molecule has 0 aliphatic rings. The fourth-order valence-corrected chi connectivity index (χ4v) is 2.40. The Balaban J connectivity index is 0.00000338. The average molecular weight is 471 g/mol. The van der Waals surface area contributed by atoms with Gasteiger partial charge in [0.2, 0.25) is 0 Å². The van der Waals surface area contributed by atoms with Crippen LogP contribution in [-0.2, 0) is 13.5 Å². The first kappa shape index (κ1) is 22.3. The van der Waals surface area contributed by atoms with Crippen LogP contribution in [0.25, 0.3) is 0 Å². The van der Waals surface area contributed by atoms with Gasteiger partial charge in [0, 0.05) is 39.3 Å². The van der Waals surface area contributed by atoms with Gasteiger partial charge in [0.05, 0.1) is 12.8 Å². The molecule has 6 nitrogen and oxygen atoms in total. The fourth-order valence-electron chi connectivity index (χ4n) is 2.40. The molecule has 1 heterocycles. The molecule has 0 unspecified atom stereocenters. The Kier molecular flexibility index (Phi) is 11.5. The summed E-state index contributed by atoms with van der Waals surface area (Å²) >= 11 is 0. The molecule has 7 heteroatoms. The molecule has 0 fully saturated rings. The van der Waals surface area contributed by atoms with E-state index < -0.39 is 0 Å². The Morgan fingerprint density at radius 3 is 2.69 bits per heavy atom. The quantitative estimate of drug-likeness (QED) is 0.242. The number of benzene rings is 1. The van der Waals surface area contributed by atoms with Gasteiger partial charge < -0.3 is 15.4 Å². The number of ether oxygens (including phenoxy) is 1. The van der Waals surface area contributed by atoms with Crippen LogP contribution >= 0.6 is 24.0 Å². The minimum atomic E-state index is 0. The van der Waals surface area contributed by atoms with Crippen molar-refractivity contribution in [3.8, 4) is 5.75 Å². The number of aliphatic imine (C=N–C) groups is 1. The van der Waals surface area contributed by atoms with Crippen LogP contribution in [0.1, 0.15) is 25.3 Å². The minimum absolute atomic E-state index is 0. The Hall–Kier alpha value is -1.77. The molecule has 144 valence electrons. The first-order chi connectivity index (χ1) is 12.3. The average Bonchev–Trinajstić information content (AvgIpc) is 3.04. The largest absolute Gasteiger partial charge is 0.494 e. The van der Waals surface area contributed by atoms with Crippen molar-refractivity contribution in [3.05, 3.63) is 48.3 Å². The lowest BCUT2D eigenvalue weighted by atomic mass is 10.2. The first-order valence-corrected chi connectivity index (χ1v) is 8.95. The predicted molar refractivity (Wildman–Crippen MR) is 117 cm³/mol. The van der Waals surface area contributed by atoms with Crippen LogP contribution in [-0.4, -0.2) is 42.0 Å². The van der Waals surface area contributed by atoms with Crippen LogP contribution in [0.5, 0.6) is 5.75 Å². The molecule has 0 atom stereocenters. The summed E-state index contributed by atoms with van der Waals surface area (Å²) in [7, 11) is 1.94. The lowest BCUT2D eigenvalue weighted by Crippen LogP contribution is -2.38. The van der Waals surface area contributed by atoms with E-state index in [-0.39, 0.29) is 24.0 Å². The summed E-state index contributed by atoms with van der Waals surface area (Å²) < 4.78 is 7.52. The number of rotatable bonds is 10. The molecule has 0 radical (unpaired) electrons. The predicted octanol–water partition coefficient (Wildman–Crippen LogP) is 2.99. The molecular weight excluding hydrogens is 441 g/mol. The van der Waals surface area contributed by atoms with Gasteiger partial charge in [0.25, 0.3) is 0 Å². The monoisotopic (exact) mass is 471 g/mol. The Morgan fingerprint density at radius 2 is 2.00 bits per heavy atom. The zero-order valence-electron chi connectivity index (χ0n) is 15.6. The van der Waals surface area contributed by atoms with Crippen molar-refractivity contribution in [2.45, 2.75) is 26.2 Å². The first-order valence-electron chi connectivity index (χ1n) is 8.95. The summed E-state index contributed by atoms with van der Waals surface area (Å²) in [6.45, 7) is 5.24. The molecule has 2 rings (SSSR count). The highest BCUT2D eigenvalue weighted by atomic mass is 127. The minimum Gasteiger partial charge on any atom is -0.494 e. The summed E-state index contributed by atoms with van der Waals surface area (Å²) in [5.74, 6) is 1.78. The van der Waals surface area contributed by atoms with Crippen molar-refractivity contribution in [2.24, 2.45) is 12.0 Å². The summed E-state index contributed by atoms with van der Waals surface area (Å²) in [5, 5.41) is 10.8. The van der Waals surface area contributed by atoms with Gasteiger partial charge >= 0.3 is 0 Å². The van der Waals surface area contributed by atoms with Gasteiger partial charge in [-0.3, -0.25) is 9.67 Å². The van der Waals surface area contributed by atoms with Crippen molar-refractivity contribution in [2.75, 3.05) is 26.2 Å². The van der Waals surface area contributed by atoms with Crippen molar-refractivity contribution >= 4 is 29.9 Å². The molecule has 0 amide bonds. The Morgan fingerprint density at radius 1 is 1.19 bits per heavy atom. The summed E-state index contributed by atoms with van der Waals surface area (Å²) in [5.41, 5.74) is 1.27. The van der Waals surface area contributed by atoms with Gasteiger partial charge in [-0.15, -0.1) is 24.0 Å². The number of halogens is 1. The number of aryl methyl sites for hydroxylation is 2. The molecule has 2 aromatic rings. The van der Waals surface area contributed by atoms with E-state index in [0.717, 1.165) is 50.6 Å². The molecule has 1 aromatic carbocycles. The molecule has 0 spiro atoms. The second-order valence-electron chi connectivity index (χ2n) is 5.83. The second kappa shape index (κ2) is 13.4. The maximum atomic E-state index is 5.68. The Labute approximate surface area is 173 Å². The van der Waals surface area contributed by atoms with E-state index in [4.69, 9.17) is 4.74 Å². The second-order valence-corrected chi connectivity index (χ2v) is 5.83. The molecule has 0 saturated heterocycles. The van der Waals surface area contributed by atoms with E-state index in [2.05, 4.69) is 33.8 Å². The third-order valence-electron chi connectivity index (χ3n) is 3.62. The smallest absolute Gasteiger partial charge is 0.191 e. The van der Waals surface area contributed by atoms with E-state index in [1.54, 1.807) is 0 Å². The molecule has 0 saturated carbocycles. The summed E-state index contributed by atoms with van der Waals surface area (Å²) in [6.07, 6.45) is 6.94. The normalized spacial score (nSPS) is 10.9. The van der Waals surface area contributed by atoms with Gasteiger partial charge in [-0.05, 0) is 37.5 Å². The number of para-hydroxylation sites is 1. The lowest BCUT2D eigenvalue weighted by molar-refractivity contribution is 0.313. The van der Waals surface area contributed by atoms with E-state index in [9.17, 15) is 0 Å². The number of nitrogens with one attached hydrogen (secondary N) is 2. The Bertz CT molecular complexity index is 630. The third-order valence-corrected chi connectivity index (χ3v) is 3.62. The molecule has 1 aromatic heterocycles. The topological polar surface area (TPSA) is 63.5 Å². The number of hydrogen-bond acceptors (Lipinski definition) is 3. The molecule has 0 bridgehead atoms. The zero-order chi connectivity index (χ0) is 17.7. The molecule has 0 aliphatic heterocycles. The number of aromatic nitrogens is 2. The number of nitrogens with zero attached hydrogens (tertiary/aromatic N) is 3. The van der Waals surface area contributed by atoms with Crippen LogP contribution in [0.2, 0.25) is 0 Å². The highest BCUT2D eigenvalue weighted by Gasteiger charge is 1.99. The van der Waals surface area contributed by atoms with Gasteiger partial charge in [-0.2, -0.15) is 5.10 Å². The van der Waals surface area contributed by atoms with E-state index >= 15 is 0 Å².